The molecule has 1 aliphatic rings. The third-order valence-corrected chi connectivity index (χ3v) is 3.90. The second-order valence-electron chi connectivity index (χ2n) is 4.25. The van der Waals surface area contributed by atoms with E-state index in [1.165, 1.54) is 30.0 Å². The number of nitrogens with one attached hydrogen (secondary N) is 1. The molecule has 0 saturated heterocycles. The summed E-state index contributed by atoms with van der Waals surface area (Å²) in [7, 11) is 0. The van der Waals surface area contributed by atoms with Gasteiger partial charge in [-0.2, -0.15) is 0 Å². The predicted octanol–water partition coefficient (Wildman–Crippen LogP) is 2.73. The quantitative estimate of drug-likeness (QED) is 0.829. The third-order valence-electron chi connectivity index (χ3n) is 3.07. The Hall–Kier alpha value is -0.410. The summed E-state index contributed by atoms with van der Waals surface area (Å²) in [5, 5.41) is 6.93. The van der Waals surface area contributed by atoms with Gasteiger partial charge in [-0.05, 0) is 25.7 Å². The Bertz CT molecular complexity index is 295. The van der Waals surface area contributed by atoms with Crippen LogP contribution in [0.1, 0.15) is 36.9 Å². The summed E-state index contributed by atoms with van der Waals surface area (Å²) in [5.41, 5.74) is 1.20. The fraction of sp³-hybridized carbons (Fsp3) is 0.727. The van der Waals surface area contributed by atoms with E-state index in [0.717, 1.165) is 18.5 Å². The highest BCUT2D eigenvalue weighted by atomic mass is 32.1. The monoisotopic (exact) mass is 210 g/mol. The van der Waals surface area contributed by atoms with Gasteiger partial charge in [-0.15, -0.1) is 11.3 Å². The maximum absolute atomic E-state index is 4.45. The Kier molecular flexibility index (Phi) is 3.19. The highest BCUT2D eigenvalue weighted by Gasteiger charge is 2.22. The molecule has 1 saturated carbocycles. The van der Waals surface area contributed by atoms with Crippen LogP contribution in [0.25, 0.3) is 0 Å². The van der Waals surface area contributed by atoms with Crippen LogP contribution in [0.3, 0.4) is 0 Å². The number of rotatable bonds is 3. The van der Waals surface area contributed by atoms with Crippen molar-refractivity contribution in [1.82, 2.24) is 10.3 Å². The summed E-state index contributed by atoms with van der Waals surface area (Å²) in [5.74, 6) is 0.842. The molecule has 1 heterocycles. The first-order valence-corrected chi connectivity index (χ1v) is 6.28. The normalized spacial score (nSPS) is 27.0. The van der Waals surface area contributed by atoms with Gasteiger partial charge in [0, 0.05) is 18.0 Å². The van der Waals surface area contributed by atoms with E-state index < -0.39 is 0 Å². The molecule has 3 heteroatoms. The molecule has 2 unspecified atom stereocenters. The minimum absolute atomic E-state index is 0.719. The Morgan fingerprint density at radius 2 is 2.43 bits per heavy atom. The number of aryl methyl sites for hydroxylation is 1. The van der Waals surface area contributed by atoms with Crippen molar-refractivity contribution < 1.29 is 0 Å². The van der Waals surface area contributed by atoms with Crippen LogP contribution in [0.5, 0.6) is 0 Å². The number of aromatic nitrogens is 1. The van der Waals surface area contributed by atoms with Crippen LogP contribution in [0.4, 0.5) is 0 Å². The van der Waals surface area contributed by atoms with Crippen molar-refractivity contribution in [3.63, 3.8) is 0 Å². The largest absolute Gasteiger partial charge is 0.308 e. The topological polar surface area (TPSA) is 24.9 Å². The SMILES string of the molecule is Cc1nc(CNC2CCCC2C)cs1. The van der Waals surface area contributed by atoms with Gasteiger partial charge >= 0.3 is 0 Å². The molecular weight excluding hydrogens is 192 g/mol. The van der Waals surface area contributed by atoms with Gasteiger partial charge in [0.25, 0.3) is 0 Å². The molecular formula is C11H18N2S. The zero-order valence-corrected chi connectivity index (χ0v) is 9.73. The molecule has 0 amide bonds. The van der Waals surface area contributed by atoms with Crippen molar-refractivity contribution in [1.29, 1.82) is 0 Å². The average molecular weight is 210 g/mol. The Balaban J connectivity index is 1.82. The molecule has 0 bridgehead atoms. The second-order valence-corrected chi connectivity index (χ2v) is 5.32. The molecule has 0 radical (unpaired) electrons. The summed E-state index contributed by atoms with van der Waals surface area (Å²) in [6.45, 7) is 5.35. The van der Waals surface area contributed by atoms with Crippen LogP contribution in [-0.2, 0) is 6.54 Å². The zero-order valence-electron chi connectivity index (χ0n) is 8.92. The molecule has 1 aromatic rings. The average Bonchev–Trinajstić information content (AvgIpc) is 2.72. The van der Waals surface area contributed by atoms with Gasteiger partial charge in [-0.1, -0.05) is 13.3 Å². The Morgan fingerprint density at radius 3 is 3.00 bits per heavy atom. The lowest BCUT2D eigenvalue weighted by molar-refractivity contribution is 0.424. The summed E-state index contributed by atoms with van der Waals surface area (Å²) in [6, 6.07) is 0.719. The first kappa shape index (κ1) is 10.1. The van der Waals surface area contributed by atoms with E-state index >= 15 is 0 Å². The maximum Gasteiger partial charge on any atom is 0.0897 e. The molecule has 14 heavy (non-hydrogen) atoms. The second kappa shape index (κ2) is 4.41. The summed E-state index contributed by atoms with van der Waals surface area (Å²) < 4.78 is 0. The van der Waals surface area contributed by atoms with Crippen molar-refractivity contribution in [3.8, 4) is 0 Å². The maximum atomic E-state index is 4.45. The molecule has 78 valence electrons. The van der Waals surface area contributed by atoms with Gasteiger partial charge in [-0.25, -0.2) is 4.98 Å². The number of hydrogen-bond donors (Lipinski definition) is 1. The van der Waals surface area contributed by atoms with Crippen LogP contribution in [0.15, 0.2) is 5.38 Å². The highest BCUT2D eigenvalue weighted by Crippen LogP contribution is 2.25. The molecule has 1 N–H and O–H groups in total. The standard InChI is InChI=1S/C11H18N2S/c1-8-4-3-5-11(8)12-6-10-7-14-9(2)13-10/h7-8,11-12H,3-6H2,1-2H3. The van der Waals surface area contributed by atoms with Crippen LogP contribution in [0, 0.1) is 12.8 Å². The van der Waals surface area contributed by atoms with Crippen molar-refractivity contribution in [3.05, 3.63) is 16.1 Å². The number of thiazole rings is 1. The Labute approximate surface area is 89.8 Å². The van der Waals surface area contributed by atoms with E-state index in [1.54, 1.807) is 11.3 Å². The molecule has 2 rings (SSSR count). The molecule has 2 atom stereocenters. The molecule has 1 aromatic heterocycles. The lowest BCUT2D eigenvalue weighted by Gasteiger charge is -2.16. The highest BCUT2D eigenvalue weighted by molar-refractivity contribution is 7.09. The summed E-state index contributed by atoms with van der Waals surface area (Å²) in [4.78, 5) is 4.45. The fourth-order valence-corrected chi connectivity index (χ4v) is 2.79. The minimum Gasteiger partial charge on any atom is -0.308 e. The summed E-state index contributed by atoms with van der Waals surface area (Å²) >= 11 is 1.74. The Morgan fingerprint density at radius 1 is 1.57 bits per heavy atom. The molecule has 0 aliphatic heterocycles. The van der Waals surface area contributed by atoms with Gasteiger partial charge in [0.05, 0.1) is 10.7 Å². The molecule has 0 spiro atoms. The molecule has 1 aliphatic carbocycles. The lowest BCUT2D eigenvalue weighted by Crippen LogP contribution is -2.30. The fourth-order valence-electron chi connectivity index (χ4n) is 2.17. The van der Waals surface area contributed by atoms with Gasteiger partial charge in [0.1, 0.15) is 0 Å². The molecule has 1 fully saturated rings. The minimum atomic E-state index is 0.719. The zero-order chi connectivity index (χ0) is 9.97. The number of nitrogens with zero attached hydrogens (tertiary/aromatic N) is 1. The van der Waals surface area contributed by atoms with Crippen molar-refractivity contribution in [2.45, 2.75) is 45.7 Å². The van der Waals surface area contributed by atoms with Crippen LogP contribution >= 0.6 is 11.3 Å². The smallest absolute Gasteiger partial charge is 0.0897 e. The van der Waals surface area contributed by atoms with Crippen molar-refractivity contribution in [2.24, 2.45) is 5.92 Å². The van der Waals surface area contributed by atoms with E-state index in [4.69, 9.17) is 0 Å². The molecule has 0 aromatic carbocycles. The van der Waals surface area contributed by atoms with Gasteiger partial charge < -0.3 is 5.32 Å². The first-order valence-electron chi connectivity index (χ1n) is 5.40. The van der Waals surface area contributed by atoms with Gasteiger partial charge in [-0.3, -0.25) is 0 Å². The van der Waals surface area contributed by atoms with Crippen LogP contribution in [0.2, 0.25) is 0 Å². The number of hydrogen-bond acceptors (Lipinski definition) is 3. The first-order chi connectivity index (χ1) is 6.75. The van der Waals surface area contributed by atoms with Crippen LogP contribution in [-0.4, -0.2) is 11.0 Å². The lowest BCUT2D eigenvalue weighted by atomic mass is 10.1. The van der Waals surface area contributed by atoms with E-state index in [0.29, 0.717) is 0 Å². The van der Waals surface area contributed by atoms with Gasteiger partial charge in [0.2, 0.25) is 0 Å². The van der Waals surface area contributed by atoms with E-state index in [-0.39, 0.29) is 0 Å². The van der Waals surface area contributed by atoms with E-state index in [1.807, 2.05) is 0 Å². The van der Waals surface area contributed by atoms with Crippen LogP contribution < -0.4 is 5.32 Å². The molecule has 2 nitrogen and oxygen atoms in total. The van der Waals surface area contributed by atoms with Crippen molar-refractivity contribution in [2.75, 3.05) is 0 Å². The van der Waals surface area contributed by atoms with E-state index in [9.17, 15) is 0 Å². The summed E-state index contributed by atoms with van der Waals surface area (Å²) in [6.07, 6.45) is 4.10. The van der Waals surface area contributed by atoms with E-state index in [2.05, 4.69) is 29.5 Å². The predicted molar refractivity (Wildman–Crippen MR) is 60.5 cm³/mol. The van der Waals surface area contributed by atoms with Gasteiger partial charge in [0.15, 0.2) is 0 Å². The van der Waals surface area contributed by atoms with Crippen molar-refractivity contribution >= 4 is 11.3 Å². The third kappa shape index (κ3) is 2.34.